The second-order valence-corrected chi connectivity index (χ2v) is 5.88. The first-order valence-electron chi connectivity index (χ1n) is 6.78. The van der Waals surface area contributed by atoms with Gasteiger partial charge in [-0.3, -0.25) is 4.79 Å². The maximum Gasteiger partial charge on any atom is 0.314 e. The van der Waals surface area contributed by atoms with Gasteiger partial charge in [-0.2, -0.15) is 0 Å². The molecule has 0 saturated carbocycles. The van der Waals surface area contributed by atoms with Crippen molar-refractivity contribution in [1.82, 2.24) is 15.5 Å². The van der Waals surface area contributed by atoms with E-state index in [0.717, 1.165) is 13.0 Å². The smallest absolute Gasteiger partial charge is 0.314 e. The van der Waals surface area contributed by atoms with Crippen molar-refractivity contribution in [2.24, 2.45) is 5.41 Å². The van der Waals surface area contributed by atoms with Crippen LogP contribution in [0.2, 0.25) is 0 Å². The minimum Gasteiger partial charge on any atom is -0.481 e. The third-order valence-corrected chi connectivity index (χ3v) is 3.69. The number of likely N-dealkylation sites (N-methyl/N-ethyl adjacent to an activating group) is 1. The van der Waals surface area contributed by atoms with Gasteiger partial charge in [0.2, 0.25) is 0 Å². The van der Waals surface area contributed by atoms with Crippen molar-refractivity contribution in [3.63, 3.8) is 0 Å². The average Bonchev–Trinajstić information content (AvgIpc) is 2.35. The fraction of sp³-hybridized carbons (Fsp3) is 0.846. The number of nitrogens with zero attached hydrogens (tertiary/aromatic N) is 1. The fourth-order valence-electron chi connectivity index (χ4n) is 2.05. The molecular formula is C13H25N3O3. The Morgan fingerprint density at radius 3 is 2.58 bits per heavy atom. The average molecular weight is 271 g/mol. The number of amides is 2. The molecule has 6 nitrogen and oxygen atoms in total. The number of hydrogen-bond acceptors (Lipinski definition) is 3. The fourth-order valence-corrected chi connectivity index (χ4v) is 2.05. The van der Waals surface area contributed by atoms with E-state index in [1.54, 1.807) is 13.8 Å². The quantitative estimate of drug-likeness (QED) is 0.693. The van der Waals surface area contributed by atoms with Crippen LogP contribution in [0.25, 0.3) is 0 Å². The topological polar surface area (TPSA) is 81.7 Å². The van der Waals surface area contributed by atoms with Crippen molar-refractivity contribution in [2.75, 3.05) is 26.7 Å². The summed E-state index contributed by atoms with van der Waals surface area (Å²) in [6.45, 7) is 4.97. The zero-order chi connectivity index (χ0) is 14.5. The number of likely N-dealkylation sites (tertiary alicyclic amines) is 1. The lowest BCUT2D eigenvalue weighted by molar-refractivity contribution is -0.146. The molecule has 1 saturated heterocycles. The lowest BCUT2D eigenvalue weighted by atomic mass is 9.94. The van der Waals surface area contributed by atoms with Gasteiger partial charge in [0.05, 0.1) is 5.41 Å². The molecule has 1 aliphatic rings. The molecule has 0 aromatic rings. The van der Waals surface area contributed by atoms with E-state index in [0.29, 0.717) is 12.6 Å². The Morgan fingerprint density at radius 2 is 2.00 bits per heavy atom. The first-order chi connectivity index (χ1) is 8.83. The van der Waals surface area contributed by atoms with Gasteiger partial charge in [0.1, 0.15) is 0 Å². The van der Waals surface area contributed by atoms with Crippen LogP contribution in [0.5, 0.6) is 0 Å². The van der Waals surface area contributed by atoms with Crippen molar-refractivity contribution in [2.45, 2.75) is 39.2 Å². The third kappa shape index (κ3) is 5.06. The molecule has 1 unspecified atom stereocenters. The molecule has 1 aliphatic heterocycles. The Balaban J connectivity index is 2.26. The van der Waals surface area contributed by atoms with Crippen molar-refractivity contribution in [3.05, 3.63) is 0 Å². The van der Waals surface area contributed by atoms with Crippen LogP contribution in [0.4, 0.5) is 4.79 Å². The molecular weight excluding hydrogens is 246 g/mol. The highest BCUT2D eigenvalue weighted by Crippen LogP contribution is 2.14. The summed E-state index contributed by atoms with van der Waals surface area (Å²) in [5.41, 5.74) is -0.945. The summed E-state index contributed by atoms with van der Waals surface area (Å²) in [5, 5.41) is 14.4. The van der Waals surface area contributed by atoms with E-state index in [2.05, 4.69) is 22.6 Å². The number of rotatable bonds is 5. The highest BCUT2D eigenvalue weighted by molar-refractivity contribution is 5.77. The van der Waals surface area contributed by atoms with Gasteiger partial charge in [-0.1, -0.05) is 6.42 Å². The number of carboxylic acids is 1. The molecule has 0 aromatic carbocycles. The Bertz CT molecular complexity index is 331. The van der Waals surface area contributed by atoms with Gasteiger partial charge < -0.3 is 20.6 Å². The van der Waals surface area contributed by atoms with E-state index in [1.165, 1.54) is 12.8 Å². The Kier molecular flexibility index (Phi) is 5.60. The molecule has 0 spiro atoms. The Labute approximate surface area is 114 Å². The number of carbonyl (C=O) groups excluding carboxylic acids is 1. The second kappa shape index (κ2) is 6.75. The van der Waals surface area contributed by atoms with Gasteiger partial charge >= 0.3 is 12.0 Å². The number of carbonyl (C=O) groups is 2. The number of nitrogens with one attached hydrogen (secondary N) is 2. The molecule has 1 atom stereocenters. The zero-order valence-electron chi connectivity index (χ0n) is 12.0. The maximum atomic E-state index is 11.6. The molecule has 0 aromatic heterocycles. The normalized spacial score (nSPS) is 20.9. The summed E-state index contributed by atoms with van der Waals surface area (Å²) >= 11 is 0. The van der Waals surface area contributed by atoms with Crippen LogP contribution in [0.15, 0.2) is 0 Å². The van der Waals surface area contributed by atoms with E-state index < -0.39 is 11.4 Å². The molecule has 1 heterocycles. The molecule has 0 aliphatic carbocycles. The molecule has 110 valence electrons. The third-order valence-electron chi connectivity index (χ3n) is 3.69. The first kappa shape index (κ1) is 15.8. The Morgan fingerprint density at radius 1 is 1.32 bits per heavy atom. The second-order valence-electron chi connectivity index (χ2n) is 5.88. The molecule has 2 amide bonds. The van der Waals surface area contributed by atoms with Crippen molar-refractivity contribution in [1.29, 1.82) is 0 Å². The number of piperidine rings is 1. The Hall–Kier alpha value is -1.30. The van der Waals surface area contributed by atoms with Crippen molar-refractivity contribution >= 4 is 12.0 Å². The predicted octanol–water partition coefficient (Wildman–Crippen LogP) is 0.881. The summed E-state index contributed by atoms with van der Waals surface area (Å²) in [5.74, 6) is -0.917. The van der Waals surface area contributed by atoms with Crippen LogP contribution < -0.4 is 10.6 Å². The molecule has 6 heteroatoms. The molecule has 0 bridgehead atoms. The zero-order valence-corrected chi connectivity index (χ0v) is 12.0. The van der Waals surface area contributed by atoms with Crippen LogP contribution >= 0.6 is 0 Å². The van der Waals surface area contributed by atoms with Crippen LogP contribution in [0.3, 0.4) is 0 Å². The summed E-state index contributed by atoms with van der Waals surface area (Å²) in [6, 6.07) is 0.0836. The number of urea groups is 1. The van der Waals surface area contributed by atoms with Gasteiger partial charge in [0, 0.05) is 19.1 Å². The summed E-state index contributed by atoms with van der Waals surface area (Å²) in [4.78, 5) is 24.8. The van der Waals surface area contributed by atoms with Gasteiger partial charge in [-0.25, -0.2) is 4.79 Å². The largest absolute Gasteiger partial charge is 0.481 e. The standard InChI is InChI=1S/C13H25N3O3/c1-13(2,11(17)18)9-15-12(19)14-8-10-6-4-5-7-16(10)3/h10H,4-9H2,1-3H3,(H,17,18)(H2,14,15,19). The lowest BCUT2D eigenvalue weighted by Crippen LogP contribution is -2.49. The van der Waals surface area contributed by atoms with E-state index in [9.17, 15) is 9.59 Å². The summed E-state index contributed by atoms with van der Waals surface area (Å²) in [7, 11) is 2.07. The van der Waals surface area contributed by atoms with E-state index >= 15 is 0 Å². The highest BCUT2D eigenvalue weighted by Gasteiger charge is 2.27. The molecule has 3 N–H and O–H groups in total. The number of carboxylic acid groups (broad SMARTS) is 1. The molecule has 19 heavy (non-hydrogen) atoms. The van der Waals surface area contributed by atoms with Gasteiger partial charge in [0.25, 0.3) is 0 Å². The van der Waals surface area contributed by atoms with E-state index in [4.69, 9.17) is 5.11 Å². The van der Waals surface area contributed by atoms with Crippen LogP contribution in [0, 0.1) is 5.41 Å². The predicted molar refractivity (Wildman–Crippen MR) is 73.1 cm³/mol. The number of hydrogen-bond donors (Lipinski definition) is 3. The monoisotopic (exact) mass is 271 g/mol. The SMILES string of the molecule is CN1CCCCC1CNC(=O)NCC(C)(C)C(=O)O. The first-order valence-corrected chi connectivity index (χ1v) is 6.78. The van der Waals surface area contributed by atoms with Crippen LogP contribution in [-0.2, 0) is 4.79 Å². The van der Waals surface area contributed by atoms with Gasteiger partial charge in [0.15, 0.2) is 0 Å². The maximum absolute atomic E-state index is 11.6. The van der Waals surface area contributed by atoms with E-state index in [1.807, 2.05) is 0 Å². The minimum absolute atomic E-state index is 0.120. The lowest BCUT2D eigenvalue weighted by Gasteiger charge is -2.32. The van der Waals surface area contributed by atoms with Gasteiger partial charge in [-0.15, -0.1) is 0 Å². The number of aliphatic carboxylic acids is 1. The van der Waals surface area contributed by atoms with Crippen molar-refractivity contribution < 1.29 is 14.7 Å². The van der Waals surface area contributed by atoms with Gasteiger partial charge in [-0.05, 0) is 40.3 Å². The van der Waals surface area contributed by atoms with Crippen molar-refractivity contribution in [3.8, 4) is 0 Å². The molecule has 0 radical (unpaired) electrons. The minimum atomic E-state index is -0.945. The van der Waals surface area contributed by atoms with Crippen LogP contribution in [-0.4, -0.2) is 54.7 Å². The highest BCUT2D eigenvalue weighted by atomic mass is 16.4. The molecule has 1 fully saturated rings. The summed E-state index contributed by atoms with van der Waals surface area (Å²) in [6.07, 6.45) is 3.51. The van der Waals surface area contributed by atoms with E-state index in [-0.39, 0.29) is 12.6 Å². The summed E-state index contributed by atoms with van der Waals surface area (Å²) < 4.78 is 0. The molecule has 1 rings (SSSR count). The van der Waals surface area contributed by atoms with Crippen LogP contribution in [0.1, 0.15) is 33.1 Å².